The monoisotopic (exact) mass is 315 g/mol. The molecule has 1 aliphatic rings. The first-order valence-electron chi connectivity index (χ1n) is 8.06. The van der Waals surface area contributed by atoms with Crippen LogP contribution in [0.25, 0.3) is 0 Å². The first-order valence-corrected chi connectivity index (χ1v) is 8.06. The predicted molar refractivity (Wildman–Crippen MR) is 87.3 cm³/mol. The minimum Gasteiger partial charge on any atom is -0.372 e. The molecule has 1 aliphatic heterocycles. The minimum atomic E-state index is -0.356. The van der Waals surface area contributed by atoms with E-state index in [9.17, 15) is 10.1 Å². The Morgan fingerprint density at radius 2 is 1.96 bits per heavy atom. The van der Waals surface area contributed by atoms with Crippen molar-refractivity contribution < 1.29 is 4.92 Å². The van der Waals surface area contributed by atoms with Crippen LogP contribution in [-0.2, 0) is 6.54 Å². The second-order valence-electron chi connectivity index (χ2n) is 6.01. The highest BCUT2D eigenvalue weighted by Crippen LogP contribution is 2.27. The number of nitrogens with zero attached hydrogens (tertiary/aromatic N) is 5. The fourth-order valence-corrected chi connectivity index (χ4v) is 3.16. The third-order valence-electron chi connectivity index (χ3n) is 4.51. The van der Waals surface area contributed by atoms with Crippen molar-refractivity contribution in [2.24, 2.45) is 5.92 Å². The topological polar surface area (TPSA) is 77.1 Å². The van der Waals surface area contributed by atoms with Crippen LogP contribution in [0.4, 0.5) is 11.4 Å². The van der Waals surface area contributed by atoms with E-state index in [1.165, 1.54) is 19.3 Å². The van der Waals surface area contributed by atoms with E-state index in [2.05, 4.69) is 15.2 Å². The Kier molecular flexibility index (Phi) is 4.85. The third kappa shape index (κ3) is 4.06. The van der Waals surface area contributed by atoms with Crippen LogP contribution in [0.1, 0.15) is 25.7 Å². The molecule has 0 saturated carbocycles. The lowest BCUT2D eigenvalue weighted by Gasteiger charge is -2.33. The van der Waals surface area contributed by atoms with Gasteiger partial charge >= 0.3 is 0 Å². The van der Waals surface area contributed by atoms with Crippen LogP contribution in [0.15, 0.2) is 36.7 Å². The molecule has 122 valence electrons. The second-order valence-corrected chi connectivity index (χ2v) is 6.01. The molecular formula is C16H21N5O2. The molecule has 0 amide bonds. The minimum absolute atomic E-state index is 0.150. The molecule has 0 spiro atoms. The van der Waals surface area contributed by atoms with E-state index in [0.717, 1.165) is 37.7 Å². The zero-order chi connectivity index (χ0) is 16.1. The smallest absolute Gasteiger partial charge is 0.269 e. The average molecular weight is 315 g/mol. The second kappa shape index (κ2) is 7.21. The van der Waals surface area contributed by atoms with Gasteiger partial charge in [0.2, 0.25) is 0 Å². The molecule has 0 bridgehead atoms. The molecule has 1 saturated heterocycles. The molecule has 0 unspecified atom stereocenters. The van der Waals surface area contributed by atoms with Crippen molar-refractivity contribution >= 4 is 11.4 Å². The number of nitro groups is 1. The molecule has 0 radical (unpaired) electrons. The summed E-state index contributed by atoms with van der Waals surface area (Å²) in [5.74, 6) is 0.757. The Balaban J connectivity index is 1.43. The number of hydrogen-bond donors (Lipinski definition) is 0. The maximum atomic E-state index is 10.7. The molecule has 2 aromatic rings. The Morgan fingerprint density at radius 1 is 1.22 bits per heavy atom. The van der Waals surface area contributed by atoms with Gasteiger partial charge in [-0.05, 0) is 43.7 Å². The van der Waals surface area contributed by atoms with E-state index in [4.69, 9.17) is 0 Å². The van der Waals surface area contributed by atoms with Crippen LogP contribution < -0.4 is 4.90 Å². The van der Waals surface area contributed by atoms with Crippen molar-refractivity contribution in [1.82, 2.24) is 15.0 Å². The lowest BCUT2D eigenvalue weighted by molar-refractivity contribution is -0.384. The molecule has 1 aromatic heterocycles. The van der Waals surface area contributed by atoms with Gasteiger partial charge in [0, 0.05) is 43.7 Å². The number of non-ortho nitro benzene ring substituents is 1. The number of aromatic nitrogens is 3. The normalized spacial score (nSPS) is 15.7. The number of rotatable bonds is 6. The number of aryl methyl sites for hydroxylation is 1. The van der Waals surface area contributed by atoms with Crippen LogP contribution in [0.2, 0.25) is 0 Å². The first kappa shape index (κ1) is 15.5. The Hall–Kier alpha value is -2.44. The van der Waals surface area contributed by atoms with Crippen molar-refractivity contribution in [3.63, 3.8) is 0 Å². The SMILES string of the molecule is O=[N+]([O-])c1ccc(N2CCC(CCCn3ccnn3)CC2)cc1. The summed E-state index contributed by atoms with van der Waals surface area (Å²) < 4.78 is 1.88. The number of anilines is 1. The largest absolute Gasteiger partial charge is 0.372 e. The zero-order valence-electron chi connectivity index (χ0n) is 13.0. The van der Waals surface area contributed by atoms with Gasteiger partial charge in [-0.1, -0.05) is 5.21 Å². The summed E-state index contributed by atoms with van der Waals surface area (Å²) in [6.45, 7) is 2.97. The van der Waals surface area contributed by atoms with Crippen LogP contribution in [0.3, 0.4) is 0 Å². The third-order valence-corrected chi connectivity index (χ3v) is 4.51. The van der Waals surface area contributed by atoms with Gasteiger partial charge in [-0.25, -0.2) is 0 Å². The number of hydrogen-bond acceptors (Lipinski definition) is 5. The van der Waals surface area contributed by atoms with E-state index < -0.39 is 0 Å². The van der Waals surface area contributed by atoms with Gasteiger partial charge < -0.3 is 4.90 Å². The molecule has 23 heavy (non-hydrogen) atoms. The molecular weight excluding hydrogens is 294 g/mol. The fraction of sp³-hybridized carbons (Fsp3) is 0.500. The Labute approximate surface area is 135 Å². The van der Waals surface area contributed by atoms with Gasteiger partial charge in [-0.15, -0.1) is 5.10 Å². The van der Waals surface area contributed by atoms with Crippen LogP contribution in [-0.4, -0.2) is 33.0 Å². The summed E-state index contributed by atoms with van der Waals surface area (Å²) in [5, 5.41) is 18.5. The van der Waals surface area contributed by atoms with Gasteiger partial charge in [-0.2, -0.15) is 0 Å². The average Bonchev–Trinajstić information content (AvgIpc) is 3.09. The van der Waals surface area contributed by atoms with E-state index in [-0.39, 0.29) is 10.6 Å². The Morgan fingerprint density at radius 3 is 2.57 bits per heavy atom. The van der Waals surface area contributed by atoms with E-state index in [1.54, 1.807) is 18.3 Å². The summed E-state index contributed by atoms with van der Waals surface area (Å²) in [6.07, 6.45) is 8.31. The predicted octanol–water partition coefficient (Wildman–Crippen LogP) is 2.88. The number of piperidine rings is 1. The summed E-state index contributed by atoms with van der Waals surface area (Å²) >= 11 is 0. The molecule has 0 atom stereocenters. The van der Waals surface area contributed by atoms with Crippen LogP contribution >= 0.6 is 0 Å². The van der Waals surface area contributed by atoms with E-state index in [0.29, 0.717) is 0 Å². The van der Waals surface area contributed by atoms with Crippen molar-refractivity contribution in [3.05, 3.63) is 46.8 Å². The molecule has 1 fully saturated rings. The van der Waals surface area contributed by atoms with E-state index in [1.807, 2.05) is 23.0 Å². The van der Waals surface area contributed by atoms with Crippen molar-refractivity contribution in [2.45, 2.75) is 32.2 Å². The number of benzene rings is 1. The lowest BCUT2D eigenvalue weighted by atomic mass is 9.92. The van der Waals surface area contributed by atoms with Crippen molar-refractivity contribution in [2.75, 3.05) is 18.0 Å². The lowest BCUT2D eigenvalue weighted by Crippen LogP contribution is -2.33. The molecule has 0 aliphatic carbocycles. The highest BCUT2D eigenvalue weighted by atomic mass is 16.6. The zero-order valence-corrected chi connectivity index (χ0v) is 13.0. The first-order chi connectivity index (χ1) is 11.2. The molecule has 1 aromatic carbocycles. The van der Waals surface area contributed by atoms with Gasteiger partial charge in [-0.3, -0.25) is 14.8 Å². The molecule has 2 heterocycles. The maximum absolute atomic E-state index is 10.7. The van der Waals surface area contributed by atoms with E-state index >= 15 is 0 Å². The highest BCUT2D eigenvalue weighted by Gasteiger charge is 2.19. The molecule has 7 heteroatoms. The van der Waals surface area contributed by atoms with Gasteiger partial charge in [0.1, 0.15) is 0 Å². The summed E-state index contributed by atoms with van der Waals surface area (Å²) in [5.41, 5.74) is 1.23. The highest BCUT2D eigenvalue weighted by molar-refractivity contribution is 5.51. The van der Waals surface area contributed by atoms with Gasteiger partial charge in [0.25, 0.3) is 5.69 Å². The number of nitro benzene ring substituents is 1. The van der Waals surface area contributed by atoms with Crippen molar-refractivity contribution in [3.8, 4) is 0 Å². The van der Waals surface area contributed by atoms with Gasteiger partial charge in [0.05, 0.1) is 11.1 Å². The quantitative estimate of drug-likeness (QED) is 0.605. The summed E-state index contributed by atoms with van der Waals surface area (Å²) in [7, 11) is 0. The molecule has 7 nitrogen and oxygen atoms in total. The maximum Gasteiger partial charge on any atom is 0.269 e. The fourth-order valence-electron chi connectivity index (χ4n) is 3.16. The van der Waals surface area contributed by atoms with Crippen LogP contribution in [0, 0.1) is 16.0 Å². The van der Waals surface area contributed by atoms with Crippen LogP contribution in [0.5, 0.6) is 0 Å². The molecule has 0 N–H and O–H groups in total. The summed E-state index contributed by atoms with van der Waals surface area (Å²) in [4.78, 5) is 12.7. The molecule has 3 rings (SSSR count). The van der Waals surface area contributed by atoms with Gasteiger partial charge in [0.15, 0.2) is 0 Å². The summed E-state index contributed by atoms with van der Waals surface area (Å²) in [6, 6.07) is 6.87. The van der Waals surface area contributed by atoms with Crippen molar-refractivity contribution in [1.29, 1.82) is 0 Å². The Bertz CT molecular complexity index is 618. The standard InChI is InChI=1S/C16H21N5O2/c22-21(23)16-5-3-15(4-6-16)19-11-7-14(8-12-19)2-1-10-20-13-9-17-18-20/h3-6,9,13-14H,1-2,7-8,10-12H2.